The van der Waals surface area contributed by atoms with E-state index in [1.165, 1.54) is 6.92 Å². The SMILES string of the molecule is CC(=O)NCC(C=O)NC(=O)C(Cc1ccccc1)NC(=O)C(CC(C)C)NC(=O)OCc1ccccc1. The maximum atomic E-state index is 13.3. The van der Waals surface area contributed by atoms with Crippen LogP contribution in [-0.4, -0.2) is 54.8 Å². The molecule has 3 unspecified atom stereocenters. The zero-order valence-corrected chi connectivity index (χ0v) is 21.9. The summed E-state index contributed by atoms with van der Waals surface area (Å²) in [4.78, 5) is 61.5. The van der Waals surface area contributed by atoms with Crippen molar-refractivity contribution in [3.63, 3.8) is 0 Å². The van der Waals surface area contributed by atoms with E-state index >= 15 is 0 Å². The van der Waals surface area contributed by atoms with Crippen LogP contribution in [0.2, 0.25) is 0 Å². The van der Waals surface area contributed by atoms with Gasteiger partial charge in [-0.25, -0.2) is 4.79 Å². The number of rotatable bonds is 14. The average molecular weight is 525 g/mol. The van der Waals surface area contributed by atoms with Gasteiger partial charge in [0.15, 0.2) is 0 Å². The number of nitrogens with one attached hydrogen (secondary N) is 4. The van der Waals surface area contributed by atoms with Crippen molar-refractivity contribution < 1.29 is 28.7 Å². The molecule has 0 aliphatic carbocycles. The van der Waals surface area contributed by atoms with Crippen LogP contribution < -0.4 is 21.3 Å². The highest BCUT2D eigenvalue weighted by Gasteiger charge is 2.29. The molecule has 38 heavy (non-hydrogen) atoms. The lowest BCUT2D eigenvalue weighted by molar-refractivity contribution is -0.131. The molecule has 4 amide bonds. The van der Waals surface area contributed by atoms with Crippen LogP contribution in [0.3, 0.4) is 0 Å². The van der Waals surface area contributed by atoms with E-state index in [0.29, 0.717) is 12.7 Å². The molecule has 204 valence electrons. The molecule has 0 radical (unpaired) electrons. The van der Waals surface area contributed by atoms with Crippen LogP contribution in [0.1, 0.15) is 38.3 Å². The Hall–Kier alpha value is -4.21. The molecule has 0 saturated heterocycles. The van der Waals surface area contributed by atoms with Crippen molar-refractivity contribution >= 4 is 30.1 Å². The third-order valence-corrected chi connectivity index (χ3v) is 5.51. The summed E-state index contributed by atoms with van der Waals surface area (Å²) in [6, 6.07) is 15.2. The van der Waals surface area contributed by atoms with Crippen LogP contribution in [0.5, 0.6) is 0 Å². The van der Waals surface area contributed by atoms with Crippen LogP contribution in [0.15, 0.2) is 60.7 Å². The summed E-state index contributed by atoms with van der Waals surface area (Å²) in [5, 5.41) is 10.4. The van der Waals surface area contributed by atoms with E-state index in [-0.39, 0.29) is 31.4 Å². The highest BCUT2D eigenvalue weighted by molar-refractivity contribution is 5.92. The second kappa shape index (κ2) is 15.8. The van der Waals surface area contributed by atoms with Crippen LogP contribution in [0, 0.1) is 5.92 Å². The minimum Gasteiger partial charge on any atom is -0.445 e. The fourth-order valence-electron chi connectivity index (χ4n) is 3.61. The fraction of sp³-hybridized carbons (Fsp3) is 0.393. The number of carbonyl (C=O) groups excluding carboxylic acids is 5. The zero-order chi connectivity index (χ0) is 27.9. The van der Waals surface area contributed by atoms with E-state index in [0.717, 1.165) is 11.1 Å². The minimum absolute atomic E-state index is 0.0448. The van der Waals surface area contributed by atoms with Gasteiger partial charge < -0.3 is 30.8 Å². The number of amides is 4. The van der Waals surface area contributed by atoms with Gasteiger partial charge in [-0.3, -0.25) is 14.4 Å². The maximum Gasteiger partial charge on any atom is 0.408 e. The second-order valence-corrected chi connectivity index (χ2v) is 9.33. The molecule has 3 atom stereocenters. The van der Waals surface area contributed by atoms with Crippen LogP contribution in [-0.2, 0) is 36.9 Å². The summed E-state index contributed by atoms with van der Waals surface area (Å²) in [7, 11) is 0. The quantitative estimate of drug-likeness (QED) is 0.278. The topological polar surface area (TPSA) is 143 Å². The highest BCUT2D eigenvalue weighted by atomic mass is 16.5. The molecule has 0 bridgehead atoms. The van der Waals surface area contributed by atoms with Crippen molar-refractivity contribution in [3.05, 3.63) is 71.8 Å². The lowest BCUT2D eigenvalue weighted by Crippen LogP contribution is -2.57. The van der Waals surface area contributed by atoms with Gasteiger partial charge in [0.25, 0.3) is 0 Å². The normalized spacial score (nSPS) is 12.9. The Balaban J connectivity index is 2.12. The first-order chi connectivity index (χ1) is 18.2. The Kier molecular flexibility index (Phi) is 12.5. The van der Waals surface area contributed by atoms with Crippen molar-refractivity contribution in [3.8, 4) is 0 Å². The third-order valence-electron chi connectivity index (χ3n) is 5.51. The Bertz CT molecular complexity index is 1060. The van der Waals surface area contributed by atoms with Crippen LogP contribution in [0.4, 0.5) is 4.79 Å². The highest BCUT2D eigenvalue weighted by Crippen LogP contribution is 2.09. The lowest BCUT2D eigenvalue weighted by Gasteiger charge is -2.25. The molecule has 0 aliphatic rings. The summed E-state index contributed by atoms with van der Waals surface area (Å²) in [6.07, 6.45) is 0.221. The van der Waals surface area contributed by atoms with E-state index in [4.69, 9.17) is 4.74 Å². The molecule has 2 rings (SSSR count). The summed E-state index contributed by atoms with van der Waals surface area (Å²) in [5.74, 6) is -1.45. The molecule has 0 spiro atoms. The van der Waals surface area contributed by atoms with Crippen molar-refractivity contribution in [1.82, 2.24) is 21.3 Å². The Morgan fingerprint density at radius 1 is 0.816 bits per heavy atom. The number of hydrogen-bond donors (Lipinski definition) is 4. The first-order valence-electron chi connectivity index (χ1n) is 12.5. The second-order valence-electron chi connectivity index (χ2n) is 9.33. The Morgan fingerprint density at radius 3 is 1.95 bits per heavy atom. The van der Waals surface area contributed by atoms with Crippen molar-refractivity contribution in [1.29, 1.82) is 0 Å². The van der Waals surface area contributed by atoms with E-state index in [1.807, 2.05) is 74.5 Å². The number of hydrogen-bond acceptors (Lipinski definition) is 6. The molecule has 0 heterocycles. The van der Waals surface area contributed by atoms with E-state index < -0.39 is 36.0 Å². The number of alkyl carbamates (subject to hydrolysis) is 1. The molecule has 0 saturated carbocycles. The average Bonchev–Trinajstić information content (AvgIpc) is 2.89. The Morgan fingerprint density at radius 2 is 1.39 bits per heavy atom. The summed E-state index contributed by atoms with van der Waals surface area (Å²) in [6.45, 7) is 5.07. The first kappa shape index (κ1) is 30.0. The molecule has 4 N–H and O–H groups in total. The van der Waals surface area contributed by atoms with Gasteiger partial charge >= 0.3 is 6.09 Å². The number of carbonyl (C=O) groups is 5. The van der Waals surface area contributed by atoms with Crippen molar-refractivity contribution in [2.75, 3.05) is 6.54 Å². The molecular formula is C28H36N4O6. The summed E-state index contributed by atoms with van der Waals surface area (Å²) >= 11 is 0. The predicted molar refractivity (Wildman–Crippen MR) is 142 cm³/mol. The molecule has 0 aromatic heterocycles. The van der Waals surface area contributed by atoms with Crippen molar-refractivity contribution in [2.45, 2.75) is 58.3 Å². The van der Waals surface area contributed by atoms with Gasteiger partial charge in [-0.05, 0) is 23.5 Å². The van der Waals surface area contributed by atoms with Gasteiger partial charge in [0, 0.05) is 19.9 Å². The summed E-state index contributed by atoms with van der Waals surface area (Å²) < 4.78 is 5.27. The fourth-order valence-corrected chi connectivity index (χ4v) is 3.61. The van der Waals surface area contributed by atoms with Crippen molar-refractivity contribution in [2.24, 2.45) is 5.92 Å². The molecule has 2 aromatic carbocycles. The molecule has 10 heteroatoms. The van der Waals surface area contributed by atoms with Crippen LogP contribution >= 0.6 is 0 Å². The molecular weight excluding hydrogens is 488 g/mol. The monoisotopic (exact) mass is 524 g/mol. The van der Waals surface area contributed by atoms with Gasteiger partial charge in [-0.2, -0.15) is 0 Å². The molecule has 0 aliphatic heterocycles. The van der Waals surface area contributed by atoms with Gasteiger partial charge in [-0.15, -0.1) is 0 Å². The van der Waals surface area contributed by atoms with E-state index in [1.54, 1.807) is 0 Å². The lowest BCUT2D eigenvalue weighted by atomic mass is 10.0. The molecule has 2 aromatic rings. The largest absolute Gasteiger partial charge is 0.445 e. The maximum absolute atomic E-state index is 13.3. The number of benzene rings is 2. The van der Waals surface area contributed by atoms with Gasteiger partial charge in [0.1, 0.15) is 31.0 Å². The van der Waals surface area contributed by atoms with Gasteiger partial charge in [0.2, 0.25) is 17.7 Å². The smallest absolute Gasteiger partial charge is 0.408 e. The van der Waals surface area contributed by atoms with Gasteiger partial charge in [-0.1, -0.05) is 74.5 Å². The van der Waals surface area contributed by atoms with E-state index in [9.17, 15) is 24.0 Å². The third kappa shape index (κ3) is 11.2. The Labute approximate surface area is 222 Å². The number of ether oxygens (including phenoxy) is 1. The molecule has 10 nitrogen and oxygen atoms in total. The number of aldehydes is 1. The zero-order valence-electron chi connectivity index (χ0n) is 21.9. The van der Waals surface area contributed by atoms with Gasteiger partial charge in [0.05, 0.1) is 0 Å². The van der Waals surface area contributed by atoms with E-state index in [2.05, 4.69) is 21.3 Å². The standard InChI is InChI=1S/C28H36N4O6/c1-19(2)14-24(32-28(37)38-18-22-12-8-5-9-13-22)27(36)31-25(15-21-10-6-4-7-11-21)26(35)30-23(17-33)16-29-20(3)34/h4-13,17,19,23-25H,14-16,18H2,1-3H3,(H,29,34)(H,30,35)(H,31,36)(H,32,37). The van der Waals surface area contributed by atoms with Crippen LogP contribution in [0.25, 0.3) is 0 Å². The predicted octanol–water partition coefficient (Wildman–Crippen LogP) is 1.87. The molecule has 0 fully saturated rings. The first-order valence-corrected chi connectivity index (χ1v) is 12.5. The summed E-state index contributed by atoms with van der Waals surface area (Å²) in [5.41, 5.74) is 1.59. The minimum atomic E-state index is -1.04.